The van der Waals surface area contributed by atoms with Crippen LogP contribution in [0.1, 0.15) is 12.5 Å². The molecule has 1 heterocycles. The van der Waals surface area contributed by atoms with E-state index in [-0.39, 0.29) is 23.5 Å². The zero-order valence-electron chi connectivity index (χ0n) is 15.1. The van der Waals surface area contributed by atoms with Gasteiger partial charge in [0.15, 0.2) is 0 Å². The number of hydrogen-bond acceptors (Lipinski definition) is 4. The predicted octanol–water partition coefficient (Wildman–Crippen LogP) is 2.99. The lowest BCUT2D eigenvalue weighted by molar-refractivity contribution is -0.120. The molecule has 0 aromatic heterocycles. The van der Waals surface area contributed by atoms with Crippen molar-refractivity contribution in [1.82, 2.24) is 4.90 Å². The Morgan fingerprint density at radius 3 is 2.50 bits per heavy atom. The van der Waals surface area contributed by atoms with Crippen LogP contribution >= 0.6 is 0 Å². The summed E-state index contributed by atoms with van der Waals surface area (Å²) in [6.45, 7) is 6.43. The van der Waals surface area contributed by atoms with Crippen LogP contribution in [0.5, 0.6) is 5.75 Å². The topological polar surface area (TPSA) is 55.8 Å². The minimum absolute atomic E-state index is 0.149. The number of benzene rings is 2. The van der Waals surface area contributed by atoms with Gasteiger partial charge in [-0.1, -0.05) is 18.2 Å². The Labute approximate surface area is 153 Å². The fraction of sp³-hybridized carbons (Fsp3) is 0.350. The Hall–Kier alpha value is -2.60. The molecule has 0 bridgehead atoms. The third kappa shape index (κ3) is 3.96. The number of aromatic hydroxyl groups is 1. The Kier molecular flexibility index (Phi) is 5.42. The highest BCUT2D eigenvalue weighted by Gasteiger charge is 2.26. The van der Waals surface area contributed by atoms with Crippen molar-refractivity contribution in [2.45, 2.75) is 19.9 Å². The Bertz CT molecular complexity index is 788. The number of amides is 1. The summed E-state index contributed by atoms with van der Waals surface area (Å²) in [7, 11) is 0. The van der Waals surface area contributed by atoms with E-state index in [1.807, 2.05) is 19.1 Å². The van der Waals surface area contributed by atoms with Crippen molar-refractivity contribution in [3.05, 3.63) is 53.8 Å². The van der Waals surface area contributed by atoms with E-state index >= 15 is 0 Å². The molecule has 0 radical (unpaired) electrons. The molecule has 0 aliphatic carbocycles. The number of nitrogens with one attached hydrogen (secondary N) is 1. The van der Waals surface area contributed by atoms with Crippen LogP contribution in [0.2, 0.25) is 0 Å². The Morgan fingerprint density at radius 1 is 1.15 bits per heavy atom. The van der Waals surface area contributed by atoms with Gasteiger partial charge in [-0.2, -0.15) is 0 Å². The second-order valence-corrected chi connectivity index (χ2v) is 6.64. The summed E-state index contributed by atoms with van der Waals surface area (Å²) in [5, 5.41) is 12.8. The third-order valence-corrected chi connectivity index (χ3v) is 4.90. The maximum absolute atomic E-state index is 13.6. The third-order valence-electron chi connectivity index (χ3n) is 4.90. The average Bonchev–Trinajstić information content (AvgIpc) is 2.65. The molecule has 0 unspecified atom stereocenters. The van der Waals surface area contributed by atoms with Crippen molar-refractivity contribution in [2.75, 3.05) is 36.4 Å². The first kappa shape index (κ1) is 18.2. The van der Waals surface area contributed by atoms with Gasteiger partial charge in [-0.05, 0) is 43.7 Å². The van der Waals surface area contributed by atoms with Gasteiger partial charge in [0.2, 0.25) is 5.91 Å². The largest absolute Gasteiger partial charge is 0.506 e. The summed E-state index contributed by atoms with van der Waals surface area (Å²) in [5.74, 6) is -0.205. The van der Waals surface area contributed by atoms with Gasteiger partial charge in [0.05, 0.1) is 11.7 Å². The zero-order chi connectivity index (χ0) is 18.7. The van der Waals surface area contributed by atoms with E-state index in [2.05, 4.69) is 15.1 Å². The molecule has 0 spiro atoms. The maximum Gasteiger partial charge on any atom is 0.241 e. The summed E-state index contributed by atoms with van der Waals surface area (Å²) in [6.07, 6.45) is 0. The molecular weight excluding hydrogens is 333 g/mol. The highest BCUT2D eigenvalue weighted by molar-refractivity contribution is 5.94. The van der Waals surface area contributed by atoms with E-state index in [1.165, 1.54) is 6.07 Å². The fourth-order valence-corrected chi connectivity index (χ4v) is 3.16. The molecule has 1 aliphatic heterocycles. The molecule has 1 fully saturated rings. The van der Waals surface area contributed by atoms with Crippen LogP contribution in [0.3, 0.4) is 0 Å². The first-order chi connectivity index (χ1) is 12.5. The fourth-order valence-electron chi connectivity index (χ4n) is 3.16. The van der Waals surface area contributed by atoms with Gasteiger partial charge in [-0.3, -0.25) is 9.69 Å². The monoisotopic (exact) mass is 357 g/mol. The van der Waals surface area contributed by atoms with Crippen molar-refractivity contribution in [1.29, 1.82) is 0 Å². The second-order valence-electron chi connectivity index (χ2n) is 6.64. The number of anilines is 2. The summed E-state index contributed by atoms with van der Waals surface area (Å²) < 4.78 is 13.6. The van der Waals surface area contributed by atoms with Gasteiger partial charge in [-0.15, -0.1) is 0 Å². The van der Waals surface area contributed by atoms with E-state index < -0.39 is 0 Å². The number of phenols is 1. The summed E-state index contributed by atoms with van der Waals surface area (Å²) in [6, 6.07) is 11.7. The normalized spacial score (nSPS) is 16.3. The number of nitrogens with zero attached hydrogens (tertiary/aromatic N) is 2. The number of phenolic OH excluding ortho intramolecular Hbond substituents is 1. The number of piperazine rings is 1. The molecule has 2 aromatic rings. The van der Waals surface area contributed by atoms with Gasteiger partial charge in [-0.25, -0.2) is 4.39 Å². The standard InChI is InChI=1S/C20H24FN3O2/c1-14-7-8-16(13-17(14)21)22-20(26)15(2)23-9-11-24(12-10-23)18-5-3-4-6-19(18)25/h3-8,13,15,25H,9-12H2,1-2H3,(H,22,26)/t15-/m1/s1. The molecule has 1 atom stereocenters. The van der Waals surface area contributed by atoms with E-state index in [0.717, 1.165) is 18.8 Å². The molecule has 2 aromatic carbocycles. The molecule has 1 saturated heterocycles. The molecule has 2 N–H and O–H groups in total. The lowest BCUT2D eigenvalue weighted by atomic mass is 10.1. The number of aryl methyl sites for hydroxylation is 1. The van der Waals surface area contributed by atoms with Gasteiger partial charge in [0, 0.05) is 31.9 Å². The number of rotatable bonds is 4. The first-order valence-electron chi connectivity index (χ1n) is 8.79. The highest BCUT2D eigenvalue weighted by Crippen LogP contribution is 2.27. The summed E-state index contributed by atoms with van der Waals surface area (Å²) in [5.41, 5.74) is 1.84. The molecular formula is C20H24FN3O2. The van der Waals surface area contributed by atoms with Crippen LogP contribution in [0.4, 0.5) is 15.8 Å². The molecule has 1 aliphatic rings. The van der Waals surface area contributed by atoms with E-state index in [4.69, 9.17) is 0 Å². The highest BCUT2D eigenvalue weighted by atomic mass is 19.1. The quantitative estimate of drug-likeness (QED) is 0.883. The SMILES string of the molecule is Cc1ccc(NC(=O)[C@@H](C)N2CCN(c3ccccc3O)CC2)cc1F. The van der Waals surface area contributed by atoms with Gasteiger partial charge < -0.3 is 15.3 Å². The van der Waals surface area contributed by atoms with Crippen molar-refractivity contribution in [3.8, 4) is 5.75 Å². The van der Waals surface area contributed by atoms with Crippen molar-refractivity contribution < 1.29 is 14.3 Å². The van der Waals surface area contributed by atoms with Crippen LogP contribution < -0.4 is 10.2 Å². The molecule has 26 heavy (non-hydrogen) atoms. The van der Waals surface area contributed by atoms with Gasteiger partial charge in [0.25, 0.3) is 0 Å². The van der Waals surface area contributed by atoms with Crippen molar-refractivity contribution >= 4 is 17.3 Å². The molecule has 5 nitrogen and oxygen atoms in total. The van der Waals surface area contributed by atoms with E-state index in [9.17, 15) is 14.3 Å². The molecule has 6 heteroatoms. The first-order valence-corrected chi connectivity index (χ1v) is 8.79. The molecule has 1 amide bonds. The van der Waals surface area contributed by atoms with E-state index in [1.54, 1.807) is 31.2 Å². The zero-order valence-corrected chi connectivity index (χ0v) is 15.1. The summed E-state index contributed by atoms with van der Waals surface area (Å²) in [4.78, 5) is 16.7. The second kappa shape index (κ2) is 7.74. The number of hydrogen-bond donors (Lipinski definition) is 2. The minimum atomic E-state index is -0.327. The smallest absolute Gasteiger partial charge is 0.241 e. The molecule has 138 valence electrons. The van der Waals surface area contributed by atoms with E-state index in [0.29, 0.717) is 24.3 Å². The number of carbonyl (C=O) groups is 1. The van der Waals surface area contributed by atoms with Gasteiger partial charge >= 0.3 is 0 Å². The number of halogens is 1. The average molecular weight is 357 g/mol. The Balaban J connectivity index is 1.57. The minimum Gasteiger partial charge on any atom is -0.506 e. The van der Waals surface area contributed by atoms with Gasteiger partial charge in [0.1, 0.15) is 11.6 Å². The number of para-hydroxylation sites is 2. The van der Waals surface area contributed by atoms with Crippen LogP contribution in [0, 0.1) is 12.7 Å². The van der Waals surface area contributed by atoms with Crippen LogP contribution in [-0.4, -0.2) is 48.1 Å². The lowest BCUT2D eigenvalue weighted by Crippen LogP contribution is -2.52. The summed E-state index contributed by atoms with van der Waals surface area (Å²) >= 11 is 0. The maximum atomic E-state index is 13.6. The van der Waals surface area contributed by atoms with Crippen LogP contribution in [-0.2, 0) is 4.79 Å². The predicted molar refractivity (Wildman–Crippen MR) is 101 cm³/mol. The molecule has 3 rings (SSSR count). The van der Waals surface area contributed by atoms with Crippen molar-refractivity contribution in [2.24, 2.45) is 0 Å². The van der Waals surface area contributed by atoms with Crippen molar-refractivity contribution in [3.63, 3.8) is 0 Å². The Morgan fingerprint density at radius 2 is 1.85 bits per heavy atom. The lowest BCUT2D eigenvalue weighted by Gasteiger charge is -2.38. The number of carbonyl (C=O) groups excluding carboxylic acids is 1. The van der Waals surface area contributed by atoms with Crippen LogP contribution in [0.25, 0.3) is 0 Å². The van der Waals surface area contributed by atoms with Crippen LogP contribution in [0.15, 0.2) is 42.5 Å². The molecule has 0 saturated carbocycles.